The summed E-state index contributed by atoms with van der Waals surface area (Å²) < 4.78 is 0. The molecular weight excluding hydrogens is 102 g/mol. The SMILES string of the molecule is CC(N)[Si](C)(C)C. The van der Waals surface area contributed by atoms with Crippen molar-refractivity contribution in [1.82, 2.24) is 0 Å². The van der Waals surface area contributed by atoms with Gasteiger partial charge in [-0.05, 0) is 5.67 Å². The molecule has 0 rings (SSSR count). The van der Waals surface area contributed by atoms with Gasteiger partial charge in [-0.25, -0.2) is 0 Å². The third-order valence-electron chi connectivity index (χ3n) is 1.37. The topological polar surface area (TPSA) is 26.0 Å². The molecule has 2 N–H and O–H groups in total. The van der Waals surface area contributed by atoms with E-state index in [-0.39, 0.29) is 0 Å². The van der Waals surface area contributed by atoms with Gasteiger partial charge in [0, 0.05) is 0 Å². The number of nitrogens with two attached hydrogens (primary N) is 1. The molecule has 0 saturated heterocycles. The fourth-order valence-corrected chi connectivity index (χ4v) is 0. The van der Waals surface area contributed by atoms with Gasteiger partial charge in [-0.1, -0.05) is 26.6 Å². The van der Waals surface area contributed by atoms with Crippen LogP contribution in [-0.2, 0) is 0 Å². The van der Waals surface area contributed by atoms with Gasteiger partial charge < -0.3 is 5.73 Å². The highest BCUT2D eigenvalue weighted by Crippen LogP contribution is 2.02. The Hall–Kier alpha value is 0.177. The van der Waals surface area contributed by atoms with Crippen LogP contribution in [0.25, 0.3) is 0 Å². The Kier molecular flexibility index (Phi) is 2.02. The second kappa shape index (κ2) is 1.97. The predicted molar refractivity (Wildman–Crippen MR) is 37.0 cm³/mol. The maximum Gasteiger partial charge on any atom is 0.0628 e. The lowest BCUT2D eigenvalue weighted by Crippen LogP contribution is -2.42. The summed E-state index contributed by atoms with van der Waals surface area (Å²) in [4.78, 5) is 0. The van der Waals surface area contributed by atoms with Gasteiger partial charge in [0.15, 0.2) is 0 Å². The van der Waals surface area contributed by atoms with Crippen LogP contribution in [0.1, 0.15) is 6.92 Å². The first-order chi connectivity index (χ1) is 2.94. The molecule has 0 heterocycles. The van der Waals surface area contributed by atoms with Gasteiger partial charge in [0.2, 0.25) is 0 Å². The molecule has 0 aromatic heterocycles. The van der Waals surface area contributed by atoms with Gasteiger partial charge in [-0.3, -0.25) is 0 Å². The molecule has 1 nitrogen and oxygen atoms in total. The molecule has 0 aromatic carbocycles. The van der Waals surface area contributed by atoms with Crippen LogP contribution in [-0.4, -0.2) is 13.7 Å². The van der Waals surface area contributed by atoms with Gasteiger partial charge in [0.25, 0.3) is 0 Å². The van der Waals surface area contributed by atoms with Gasteiger partial charge >= 0.3 is 0 Å². The van der Waals surface area contributed by atoms with Crippen LogP contribution in [0.4, 0.5) is 0 Å². The fraction of sp³-hybridized carbons (Fsp3) is 1.00. The Morgan fingerprint density at radius 3 is 1.43 bits per heavy atom. The van der Waals surface area contributed by atoms with Gasteiger partial charge in [0.1, 0.15) is 0 Å². The Bertz CT molecular complexity index is 53.6. The quantitative estimate of drug-likeness (QED) is 0.513. The molecule has 0 amide bonds. The van der Waals surface area contributed by atoms with Crippen LogP contribution >= 0.6 is 0 Å². The molecule has 0 radical (unpaired) electrons. The van der Waals surface area contributed by atoms with E-state index in [1.54, 1.807) is 0 Å². The second-order valence-corrected chi connectivity index (χ2v) is 8.80. The van der Waals surface area contributed by atoms with Crippen molar-refractivity contribution in [2.75, 3.05) is 0 Å². The maximum atomic E-state index is 5.63. The van der Waals surface area contributed by atoms with Crippen molar-refractivity contribution in [3.63, 3.8) is 0 Å². The van der Waals surface area contributed by atoms with Crippen LogP contribution in [0.15, 0.2) is 0 Å². The highest BCUT2D eigenvalue weighted by atomic mass is 28.3. The van der Waals surface area contributed by atoms with Crippen LogP contribution in [0, 0.1) is 0 Å². The van der Waals surface area contributed by atoms with Gasteiger partial charge in [0.05, 0.1) is 8.07 Å². The number of rotatable bonds is 1. The molecule has 0 saturated carbocycles. The summed E-state index contributed by atoms with van der Waals surface area (Å²) >= 11 is 0. The molecule has 0 aliphatic carbocycles. The van der Waals surface area contributed by atoms with Crippen molar-refractivity contribution in [1.29, 1.82) is 0 Å². The summed E-state index contributed by atoms with van der Waals surface area (Å²) in [6.07, 6.45) is 0. The molecule has 0 aliphatic rings. The lowest BCUT2D eigenvalue weighted by molar-refractivity contribution is 0.973. The minimum Gasteiger partial charge on any atom is -0.331 e. The Labute approximate surface area is 46.9 Å². The normalized spacial score (nSPS) is 16.7. The van der Waals surface area contributed by atoms with E-state index >= 15 is 0 Å². The lowest BCUT2D eigenvalue weighted by Gasteiger charge is -2.19. The maximum absolute atomic E-state index is 5.63. The van der Waals surface area contributed by atoms with Crippen LogP contribution < -0.4 is 5.73 Å². The van der Waals surface area contributed by atoms with Crippen LogP contribution in [0.3, 0.4) is 0 Å². The summed E-state index contributed by atoms with van der Waals surface area (Å²) in [5.74, 6) is 0. The monoisotopic (exact) mass is 117 g/mol. The highest BCUT2D eigenvalue weighted by molar-refractivity contribution is 6.77. The van der Waals surface area contributed by atoms with Crippen LogP contribution in [0.5, 0.6) is 0 Å². The molecule has 0 bridgehead atoms. The molecule has 0 aliphatic heterocycles. The molecular formula is C5H15NSi. The average molecular weight is 117 g/mol. The van der Waals surface area contributed by atoms with Crippen molar-refractivity contribution in [2.24, 2.45) is 5.73 Å². The number of hydrogen-bond donors (Lipinski definition) is 1. The minimum atomic E-state index is -0.957. The third kappa shape index (κ3) is 2.82. The molecule has 1 atom stereocenters. The lowest BCUT2D eigenvalue weighted by atomic mass is 10.8. The smallest absolute Gasteiger partial charge is 0.0628 e. The molecule has 0 fully saturated rings. The summed E-state index contributed by atoms with van der Waals surface area (Å²) in [6, 6.07) is 0. The summed E-state index contributed by atoms with van der Waals surface area (Å²) in [6.45, 7) is 8.92. The van der Waals surface area contributed by atoms with Crippen molar-refractivity contribution in [3.8, 4) is 0 Å². The zero-order valence-corrected chi connectivity index (χ0v) is 6.65. The first-order valence-corrected chi connectivity index (χ1v) is 6.28. The van der Waals surface area contributed by atoms with E-state index in [0.29, 0.717) is 5.67 Å². The first-order valence-electron chi connectivity index (χ1n) is 2.70. The fourth-order valence-electron chi connectivity index (χ4n) is 0. The molecule has 1 unspecified atom stereocenters. The van der Waals surface area contributed by atoms with E-state index in [1.165, 1.54) is 0 Å². The Morgan fingerprint density at radius 2 is 1.43 bits per heavy atom. The van der Waals surface area contributed by atoms with E-state index in [4.69, 9.17) is 5.73 Å². The Balaban J connectivity index is 3.54. The summed E-state index contributed by atoms with van der Waals surface area (Å²) in [7, 11) is -0.957. The largest absolute Gasteiger partial charge is 0.331 e. The van der Waals surface area contributed by atoms with E-state index < -0.39 is 8.07 Å². The van der Waals surface area contributed by atoms with E-state index in [2.05, 4.69) is 26.6 Å². The van der Waals surface area contributed by atoms with E-state index in [9.17, 15) is 0 Å². The third-order valence-corrected chi connectivity index (χ3v) is 4.10. The molecule has 2 heteroatoms. The minimum absolute atomic E-state index is 0.437. The zero-order valence-electron chi connectivity index (χ0n) is 5.65. The summed E-state index contributed by atoms with van der Waals surface area (Å²) in [5.41, 5.74) is 6.07. The van der Waals surface area contributed by atoms with Crippen LogP contribution in [0.2, 0.25) is 19.6 Å². The molecule has 7 heavy (non-hydrogen) atoms. The van der Waals surface area contributed by atoms with Crippen molar-refractivity contribution >= 4 is 8.07 Å². The van der Waals surface area contributed by atoms with Crippen molar-refractivity contribution in [2.45, 2.75) is 32.2 Å². The molecule has 44 valence electrons. The van der Waals surface area contributed by atoms with E-state index in [0.717, 1.165) is 0 Å². The first kappa shape index (κ1) is 7.18. The molecule has 0 spiro atoms. The molecule has 0 aromatic rings. The number of hydrogen-bond acceptors (Lipinski definition) is 1. The van der Waals surface area contributed by atoms with E-state index in [1.807, 2.05) is 0 Å². The average Bonchev–Trinajstić information content (AvgIpc) is 1.31. The van der Waals surface area contributed by atoms with Gasteiger partial charge in [-0.15, -0.1) is 0 Å². The van der Waals surface area contributed by atoms with Crippen molar-refractivity contribution in [3.05, 3.63) is 0 Å². The summed E-state index contributed by atoms with van der Waals surface area (Å²) in [5, 5.41) is 0. The zero-order chi connectivity index (χ0) is 6.08. The predicted octanol–water partition coefficient (Wildman–Crippen LogP) is 1.21. The van der Waals surface area contributed by atoms with Gasteiger partial charge in [-0.2, -0.15) is 0 Å². The highest BCUT2D eigenvalue weighted by Gasteiger charge is 2.17. The Morgan fingerprint density at radius 1 is 1.29 bits per heavy atom. The second-order valence-electron chi connectivity index (χ2n) is 3.15. The van der Waals surface area contributed by atoms with Crippen molar-refractivity contribution < 1.29 is 0 Å². The standard InChI is InChI=1S/C5H15NSi/c1-5(6)7(2,3)4/h5H,6H2,1-4H3.